The Morgan fingerprint density at radius 3 is 1.19 bits per heavy atom. The van der Waals surface area contributed by atoms with Crippen LogP contribution in [0.2, 0.25) is 39.3 Å². The van der Waals surface area contributed by atoms with E-state index in [-0.39, 0.29) is 19.3 Å². The first-order chi connectivity index (χ1) is 11.8. The standard InChI is InChI=1S/C17H30F6O2Si2/c1-26(2,3)24-14(16(18,19)20)9-7-13-11-12(14)8-10-15(13,17(21,22)23)25-27(4,5)6/h12-13H,7-11H2,1-6H3/t12-,13-,14-,15-/m1/s1. The van der Waals surface area contributed by atoms with Gasteiger partial charge in [0, 0.05) is 0 Å². The minimum absolute atomic E-state index is 0.159. The summed E-state index contributed by atoms with van der Waals surface area (Å²) in [5, 5.41) is 0. The van der Waals surface area contributed by atoms with E-state index in [1.165, 1.54) is 0 Å². The van der Waals surface area contributed by atoms with Crippen molar-refractivity contribution in [2.45, 2.75) is 94.9 Å². The smallest absolute Gasteiger partial charge is 0.403 e. The first kappa shape index (κ1) is 23.2. The van der Waals surface area contributed by atoms with Gasteiger partial charge in [-0.05, 0) is 83.2 Å². The maximum atomic E-state index is 14.1. The molecule has 0 saturated heterocycles. The fourth-order valence-electron chi connectivity index (χ4n) is 4.84. The normalized spacial score (nSPS) is 36.0. The molecule has 2 fully saturated rings. The molecule has 2 rings (SSSR count). The zero-order valence-electron chi connectivity index (χ0n) is 16.8. The highest BCUT2D eigenvalue weighted by molar-refractivity contribution is 6.70. The summed E-state index contributed by atoms with van der Waals surface area (Å²) >= 11 is 0. The summed E-state index contributed by atoms with van der Waals surface area (Å²) in [7, 11) is -5.12. The molecule has 0 spiro atoms. The molecule has 2 aliphatic rings. The Morgan fingerprint density at radius 1 is 0.667 bits per heavy atom. The van der Waals surface area contributed by atoms with Crippen LogP contribution in [0.5, 0.6) is 0 Å². The molecule has 0 amide bonds. The molecule has 2 aliphatic carbocycles. The van der Waals surface area contributed by atoms with Gasteiger partial charge in [-0.15, -0.1) is 0 Å². The topological polar surface area (TPSA) is 18.5 Å². The molecule has 0 aromatic rings. The van der Waals surface area contributed by atoms with Gasteiger partial charge in [-0.1, -0.05) is 0 Å². The quantitative estimate of drug-likeness (QED) is 0.370. The van der Waals surface area contributed by atoms with Gasteiger partial charge in [0.25, 0.3) is 0 Å². The number of fused-ring (bicyclic) bond motifs is 2. The lowest BCUT2D eigenvalue weighted by Crippen LogP contribution is -2.67. The predicted molar refractivity (Wildman–Crippen MR) is 96.5 cm³/mol. The fraction of sp³-hybridized carbons (Fsp3) is 1.00. The van der Waals surface area contributed by atoms with E-state index in [1.54, 1.807) is 39.3 Å². The van der Waals surface area contributed by atoms with Crippen LogP contribution < -0.4 is 0 Å². The van der Waals surface area contributed by atoms with Crippen LogP contribution in [0.3, 0.4) is 0 Å². The molecule has 2 bridgehead atoms. The van der Waals surface area contributed by atoms with E-state index in [0.717, 1.165) is 0 Å². The largest absolute Gasteiger partial charge is 0.416 e. The van der Waals surface area contributed by atoms with Gasteiger partial charge in [0.1, 0.15) is 0 Å². The fourth-order valence-corrected chi connectivity index (χ4v) is 7.79. The lowest BCUT2D eigenvalue weighted by Gasteiger charge is -2.58. The Labute approximate surface area is 159 Å². The maximum absolute atomic E-state index is 14.1. The Morgan fingerprint density at radius 2 is 0.963 bits per heavy atom. The van der Waals surface area contributed by atoms with E-state index in [4.69, 9.17) is 8.85 Å². The van der Waals surface area contributed by atoms with Crippen molar-refractivity contribution in [1.29, 1.82) is 0 Å². The molecule has 0 aromatic carbocycles. The lowest BCUT2D eigenvalue weighted by molar-refractivity contribution is -0.324. The predicted octanol–water partition coefficient (Wildman–Crippen LogP) is 6.50. The van der Waals surface area contributed by atoms with Crippen LogP contribution in [-0.4, -0.2) is 40.2 Å². The molecule has 0 radical (unpaired) electrons. The van der Waals surface area contributed by atoms with E-state index < -0.39 is 64.9 Å². The minimum Gasteiger partial charge on any atom is -0.403 e. The van der Waals surface area contributed by atoms with E-state index in [2.05, 4.69) is 0 Å². The van der Waals surface area contributed by atoms with E-state index in [1.807, 2.05) is 0 Å². The van der Waals surface area contributed by atoms with Crippen LogP contribution in [0.1, 0.15) is 32.1 Å². The third-order valence-corrected chi connectivity index (χ3v) is 7.51. The number of hydrogen-bond donors (Lipinski definition) is 0. The summed E-state index contributed by atoms with van der Waals surface area (Å²) in [6.45, 7) is 10.1. The zero-order chi connectivity index (χ0) is 21.1. The molecule has 4 atom stereocenters. The Balaban J connectivity index is 2.41. The molecular formula is C17H30F6O2Si2. The molecule has 0 aliphatic heterocycles. The molecule has 0 unspecified atom stereocenters. The number of rotatable bonds is 4. The summed E-state index contributed by atoms with van der Waals surface area (Å²) in [6, 6.07) is 0. The molecule has 0 heterocycles. The molecule has 0 N–H and O–H groups in total. The first-order valence-electron chi connectivity index (χ1n) is 9.37. The van der Waals surface area contributed by atoms with E-state index in [0.29, 0.717) is 0 Å². The molecular weight excluding hydrogens is 406 g/mol. The van der Waals surface area contributed by atoms with Crippen LogP contribution >= 0.6 is 0 Å². The minimum atomic E-state index is -4.60. The molecule has 10 heteroatoms. The van der Waals surface area contributed by atoms with Gasteiger partial charge in [-0.25, -0.2) is 0 Å². The second-order valence-corrected chi connectivity index (χ2v) is 18.8. The number of halogens is 6. The van der Waals surface area contributed by atoms with Gasteiger partial charge in [0.2, 0.25) is 0 Å². The Hall–Kier alpha value is -0.0662. The van der Waals surface area contributed by atoms with Crippen molar-refractivity contribution in [1.82, 2.24) is 0 Å². The summed E-state index contributed by atoms with van der Waals surface area (Å²) in [4.78, 5) is 0. The second-order valence-electron chi connectivity index (χ2n) is 9.91. The van der Waals surface area contributed by atoms with Crippen molar-refractivity contribution in [3.05, 3.63) is 0 Å². The van der Waals surface area contributed by atoms with Crippen LogP contribution in [0, 0.1) is 11.8 Å². The summed E-state index contributed by atoms with van der Waals surface area (Å²) in [5.41, 5.74) is -4.66. The van der Waals surface area contributed by atoms with Gasteiger partial charge < -0.3 is 8.85 Å². The zero-order valence-corrected chi connectivity index (χ0v) is 18.8. The van der Waals surface area contributed by atoms with Gasteiger partial charge in [0.15, 0.2) is 27.8 Å². The average molecular weight is 437 g/mol. The van der Waals surface area contributed by atoms with Crippen molar-refractivity contribution >= 4 is 16.6 Å². The van der Waals surface area contributed by atoms with Gasteiger partial charge in [-0.3, -0.25) is 0 Å². The maximum Gasteiger partial charge on any atom is 0.416 e. The molecule has 2 saturated carbocycles. The molecule has 2 nitrogen and oxygen atoms in total. The van der Waals surface area contributed by atoms with Crippen molar-refractivity contribution < 1.29 is 35.2 Å². The van der Waals surface area contributed by atoms with Crippen LogP contribution in [0.25, 0.3) is 0 Å². The van der Waals surface area contributed by atoms with Crippen LogP contribution in [-0.2, 0) is 8.85 Å². The van der Waals surface area contributed by atoms with Gasteiger partial charge >= 0.3 is 12.4 Å². The van der Waals surface area contributed by atoms with Crippen LogP contribution in [0.15, 0.2) is 0 Å². The van der Waals surface area contributed by atoms with Crippen molar-refractivity contribution in [3.8, 4) is 0 Å². The number of hydrogen-bond acceptors (Lipinski definition) is 2. The summed E-state index contributed by atoms with van der Waals surface area (Å²) < 4.78 is 95.7. The summed E-state index contributed by atoms with van der Waals surface area (Å²) in [5.74, 6) is -1.91. The Bertz CT molecular complexity index is 504. The highest BCUT2D eigenvalue weighted by atomic mass is 28.4. The van der Waals surface area contributed by atoms with Crippen LogP contribution in [0.4, 0.5) is 26.3 Å². The highest BCUT2D eigenvalue weighted by Crippen LogP contribution is 2.61. The average Bonchev–Trinajstić information content (AvgIpc) is 2.39. The van der Waals surface area contributed by atoms with Crippen molar-refractivity contribution in [2.75, 3.05) is 0 Å². The second kappa shape index (κ2) is 6.73. The Kier molecular flexibility index (Phi) is 5.79. The lowest BCUT2D eigenvalue weighted by atomic mass is 9.58. The van der Waals surface area contributed by atoms with Crippen molar-refractivity contribution in [3.63, 3.8) is 0 Å². The molecule has 27 heavy (non-hydrogen) atoms. The third-order valence-electron chi connectivity index (χ3n) is 5.55. The molecule has 0 aromatic heterocycles. The monoisotopic (exact) mass is 436 g/mol. The summed E-state index contributed by atoms with van der Waals surface area (Å²) in [6.07, 6.45) is -10.6. The number of alkyl halides is 6. The molecule has 160 valence electrons. The van der Waals surface area contributed by atoms with Gasteiger partial charge in [-0.2, -0.15) is 26.3 Å². The van der Waals surface area contributed by atoms with Crippen molar-refractivity contribution in [2.24, 2.45) is 11.8 Å². The van der Waals surface area contributed by atoms with E-state index in [9.17, 15) is 26.3 Å². The van der Waals surface area contributed by atoms with E-state index >= 15 is 0 Å². The first-order valence-corrected chi connectivity index (χ1v) is 16.2. The SMILES string of the molecule is C[Si](C)(C)O[C@]1(C(F)(F)F)CC[C@@H]2C[C@H]1CC[C@]2(O[Si](C)(C)C)C(F)(F)F. The third kappa shape index (κ3) is 4.43. The van der Waals surface area contributed by atoms with Gasteiger partial charge in [0.05, 0.1) is 0 Å². The highest BCUT2D eigenvalue weighted by Gasteiger charge is 2.71.